The molecule has 0 N–H and O–H groups in total. The molecule has 1 fully saturated rings. The number of carbonyl (C=O) groups excluding carboxylic acids is 1. The molecule has 2 rings (SSSR count). The molecule has 1 saturated heterocycles. The molecule has 0 aliphatic carbocycles. The minimum Gasteiger partial charge on any atom is -0.469 e. The van der Waals surface area contributed by atoms with Gasteiger partial charge in [0.15, 0.2) is 0 Å². The van der Waals surface area contributed by atoms with E-state index >= 15 is 0 Å². The van der Waals surface area contributed by atoms with Crippen LogP contribution in [0.15, 0.2) is 29.2 Å². The number of carbonyl (C=O) groups is 1. The Labute approximate surface area is 119 Å². The summed E-state index contributed by atoms with van der Waals surface area (Å²) in [5.41, 5.74) is 1.31. The highest BCUT2D eigenvalue weighted by Gasteiger charge is 2.26. The van der Waals surface area contributed by atoms with E-state index in [1.165, 1.54) is 17.6 Å². The SMILES string of the molecule is COC(=O)C1CCCN(Cc2ccc(SC)cc2)C1. The first-order valence-electron chi connectivity index (χ1n) is 6.66. The molecule has 0 amide bonds. The molecule has 104 valence electrons. The second-order valence-electron chi connectivity index (χ2n) is 4.95. The van der Waals surface area contributed by atoms with E-state index < -0.39 is 0 Å². The van der Waals surface area contributed by atoms with Crippen molar-refractivity contribution in [2.24, 2.45) is 5.92 Å². The third-order valence-electron chi connectivity index (χ3n) is 3.61. The van der Waals surface area contributed by atoms with E-state index in [1.807, 2.05) is 0 Å². The van der Waals surface area contributed by atoms with Gasteiger partial charge >= 0.3 is 5.97 Å². The Kier molecular flexibility index (Phi) is 5.28. The molecule has 0 saturated carbocycles. The fraction of sp³-hybridized carbons (Fsp3) is 0.533. The smallest absolute Gasteiger partial charge is 0.309 e. The predicted octanol–water partition coefficient (Wildman–Crippen LogP) is 2.79. The van der Waals surface area contributed by atoms with Gasteiger partial charge in [0.25, 0.3) is 0 Å². The lowest BCUT2D eigenvalue weighted by Gasteiger charge is -2.31. The summed E-state index contributed by atoms with van der Waals surface area (Å²) in [7, 11) is 1.47. The number of rotatable bonds is 4. The number of likely N-dealkylation sites (tertiary alicyclic amines) is 1. The maximum atomic E-state index is 11.6. The molecular weight excluding hydrogens is 258 g/mol. The molecule has 1 aliphatic heterocycles. The van der Waals surface area contributed by atoms with Crippen LogP contribution in [0, 0.1) is 5.92 Å². The second-order valence-corrected chi connectivity index (χ2v) is 5.83. The summed E-state index contributed by atoms with van der Waals surface area (Å²) >= 11 is 1.76. The standard InChI is InChI=1S/C15H21NO2S/c1-18-15(17)13-4-3-9-16(11-13)10-12-5-7-14(19-2)8-6-12/h5-8,13H,3-4,9-11H2,1-2H3. The molecule has 0 spiro atoms. The first-order chi connectivity index (χ1) is 9.22. The van der Waals surface area contributed by atoms with Gasteiger partial charge in [0.05, 0.1) is 13.0 Å². The summed E-state index contributed by atoms with van der Waals surface area (Å²) in [6, 6.07) is 8.66. The highest BCUT2D eigenvalue weighted by Crippen LogP contribution is 2.21. The number of hydrogen-bond donors (Lipinski definition) is 0. The summed E-state index contributed by atoms with van der Waals surface area (Å²) in [5.74, 6) is -0.0216. The monoisotopic (exact) mass is 279 g/mol. The maximum Gasteiger partial charge on any atom is 0.309 e. The summed E-state index contributed by atoms with van der Waals surface area (Å²) in [6.45, 7) is 2.80. The van der Waals surface area contributed by atoms with Crippen molar-refractivity contribution in [1.29, 1.82) is 0 Å². The van der Waals surface area contributed by atoms with Gasteiger partial charge in [-0.3, -0.25) is 9.69 Å². The predicted molar refractivity (Wildman–Crippen MR) is 78.2 cm³/mol. The van der Waals surface area contributed by atoms with Gasteiger partial charge in [-0.25, -0.2) is 0 Å². The summed E-state index contributed by atoms with van der Waals surface area (Å²) in [5, 5.41) is 0. The fourth-order valence-electron chi connectivity index (χ4n) is 2.55. The average Bonchev–Trinajstić information content (AvgIpc) is 2.47. The van der Waals surface area contributed by atoms with Crippen LogP contribution >= 0.6 is 11.8 Å². The maximum absolute atomic E-state index is 11.6. The van der Waals surface area contributed by atoms with Gasteiger partial charge in [-0.2, -0.15) is 0 Å². The Balaban J connectivity index is 1.92. The first kappa shape index (κ1) is 14.4. The molecule has 1 aliphatic rings. The Hall–Kier alpha value is -1.00. The molecular formula is C15H21NO2S. The molecule has 0 bridgehead atoms. The van der Waals surface area contributed by atoms with E-state index in [1.54, 1.807) is 11.8 Å². The van der Waals surface area contributed by atoms with Gasteiger partial charge in [-0.05, 0) is 43.3 Å². The number of benzene rings is 1. The molecule has 1 aromatic carbocycles. The summed E-state index contributed by atoms with van der Waals surface area (Å²) in [4.78, 5) is 15.2. The molecule has 1 unspecified atom stereocenters. The van der Waals surface area contributed by atoms with Crippen molar-refractivity contribution in [1.82, 2.24) is 4.90 Å². The van der Waals surface area contributed by atoms with Crippen molar-refractivity contribution in [2.45, 2.75) is 24.3 Å². The molecule has 1 aromatic rings. The van der Waals surface area contributed by atoms with Crippen molar-refractivity contribution in [3.63, 3.8) is 0 Å². The van der Waals surface area contributed by atoms with E-state index in [4.69, 9.17) is 4.74 Å². The van der Waals surface area contributed by atoms with E-state index in [-0.39, 0.29) is 11.9 Å². The van der Waals surface area contributed by atoms with Gasteiger partial charge in [0.2, 0.25) is 0 Å². The summed E-state index contributed by atoms with van der Waals surface area (Å²) in [6.07, 6.45) is 4.11. The molecule has 0 aromatic heterocycles. The lowest BCUT2D eigenvalue weighted by molar-refractivity contribution is -0.147. The van der Waals surface area contributed by atoms with Gasteiger partial charge in [0, 0.05) is 18.0 Å². The van der Waals surface area contributed by atoms with Gasteiger partial charge in [-0.15, -0.1) is 11.8 Å². The van der Waals surface area contributed by atoms with Crippen molar-refractivity contribution >= 4 is 17.7 Å². The van der Waals surface area contributed by atoms with E-state index in [0.717, 1.165) is 32.5 Å². The van der Waals surface area contributed by atoms with Crippen LogP contribution < -0.4 is 0 Å². The minimum atomic E-state index is -0.0672. The van der Waals surface area contributed by atoms with Gasteiger partial charge in [0.1, 0.15) is 0 Å². The third-order valence-corrected chi connectivity index (χ3v) is 4.35. The molecule has 1 heterocycles. The van der Waals surface area contributed by atoms with Crippen LogP contribution in [0.4, 0.5) is 0 Å². The Morgan fingerprint density at radius 1 is 1.42 bits per heavy atom. The number of piperidine rings is 1. The zero-order valence-corrected chi connectivity index (χ0v) is 12.4. The third kappa shape index (κ3) is 3.98. The first-order valence-corrected chi connectivity index (χ1v) is 7.88. The second kappa shape index (κ2) is 6.96. The van der Waals surface area contributed by atoms with Crippen molar-refractivity contribution in [3.05, 3.63) is 29.8 Å². The van der Waals surface area contributed by atoms with Crippen LogP contribution in [0.1, 0.15) is 18.4 Å². The number of thioether (sulfide) groups is 1. The Morgan fingerprint density at radius 3 is 2.79 bits per heavy atom. The van der Waals surface area contributed by atoms with Crippen LogP contribution in [0.2, 0.25) is 0 Å². The Morgan fingerprint density at radius 2 is 2.16 bits per heavy atom. The summed E-state index contributed by atoms with van der Waals surface area (Å²) < 4.78 is 4.85. The molecule has 3 nitrogen and oxygen atoms in total. The van der Waals surface area contributed by atoms with Crippen molar-refractivity contribution in [3.8, 4) is 0 Å². The molecule has 1 atom stereocenters. The largest absolute Gasteiger partial charge is 0.469 e. The highest BCUT2D eigenvalue weighted by molar-refractivity contribution is 7.98. The van der Waals surface area contributed by atoms with Crippen LogP contribution in [0.3, 0.4) is 0 Å². The number of ether oxygens (including phenoxy) is 1. The van der Waals surface area contributed by atoms with Crippen LogP contribution in [-0.2, 0) is 16.1 Å². The van der Waals surface area contributed by atoms with Crippen molar-refractivity contribution < 1.29 is 9.53 Å². The topological polar surface area (TPSA) is 29.5 Å². The zero-order chi connectivity index (χ0) is 13.7. The normalized spacial score (nSPS) is 20.2. The number of nitrogens with zero attached hydrogens (tertiary/aromatic N) is 1. The van der Waals surface area contributed by atoms with Crippen molar-refractivity contribution in [2.75, 3.05) is 26.5 Å². The van der Waals surface area contributed by atoms with E-state index in [2.05, 4.69) is 35.4 Å². The molecule has 0 radical (unpaired) electrons. The molecule has 4 heteroatoms. The average molecular weight is 279 g/mol. The van der Waals surface area contributed by atoms with Crippen LogP contribution in [-0.4, -0.2) is 37.3 Å². The van der Waals surface area contributed by atoms with E-state index in [9.17, 15) is 4.79 Å². The van der Waals surface area contributed by atoms with Gasteiger partial charge in [-0.1, -0.05) is 12.1 Å². The van der Waals surface area contributed by atoms with Crippen LogP contribution in [0.5, 0.6) is 0 Å². The fourth-order valence-corrected chi connectivity index (χ4v) is 2.96. The number of hydrogen-bond acceptors (Lipinski definition) is 4. The highest BCUT2D eigenvalue weighted by atomic mass is 32.2. The molecule has 19 heavy (non-hydrogen) atoms. The van der Waals surface area contributed by atoms with Crippen LogP contribution in [0.25, 0.3) is 0 Å². The zero-order valence-electron chi connectivity index (χ0n) is 11.6. The number of methoxy groups -OCH3 is 1. The lowest BCUT2D eigenvalue weighted by atomic mass is 9.98. The van der Waals surface area contributed by atoms with Gasteiger partial charge < -0.3 is 4.74 Å². The Bertz CT molecular complexity index is 419. The quantitative estimate of drug-likeness (QED) is 0.626. The minimum absolute atomic E-state index is 0.0456. The number of esters is 1. The lowest BCUT2D eigenvalue weighted by Crippen LogP contribution is -2.38. The van der Waals surface area contributed by atoms with E-state index in [0.29, 0.717) is 0 Å².